The van der Waals surface area contributed by atoms with Gasteiger partial charge in [0.25, 0.3) is 0 Å². The molecule has 1 fully saturated rings. The van der Waals surface area contributed by atoms with Crippen LogP contribution in [0.25, 0.3) is 0 Å². The molecule has 1 heterocycles. The van der Waals surface area contributed by atoms with E-state index in [1.54, 1.807) is 0 Å². The van der Waals surface area contributed by atoms with Crippen molar-refractivity contribution >= 4 is 0 Å². The van der Waals surface area contributed by atoms with Gasteiger partial charge in [-0.2, -0.15) is 0 Å². The van der Waals surface area contributed by atoms with E-state index in [4.69, 9.17) is 4.74 Å². The van der Waals surface area contributed by atoms with E-state index in [0.717, 1.165) is 25.1 Å². The van der Waals surface area contributed by atoms with Crippen molar-refractivity contribution in [2.24, 2.45) is 0 Å². The molecule has 17 heavy (non-hydrogen) atoms. The van der Waals surface area contributed by atoms with Gasteiger partial charge in [0, 0.05) is 19.2 Å². The first-order chi connectivity index (χ1) is 8.06. The first-order valence-corrected chi connectivity index (χ1v) is 6.21. The molecule has 1 aliphatic rings. The average molecular weight is 237 g/mol. The third-order valence-corrected chi connectivity index (χ3v) is 3.24. The molecular weight excluding hydrogens is 217 g/mol. The van der Waals surface area contributed by atoms with Crippen LogP contribution in [0, 0.1) is 5.82 Å². The molecule has 94 valence electrons. The number of benzene rings is 1. The molecule has 1 saturated heterocycles. The molecule has 0 N–H and O–H groups in total. The highest BCUT2D eigenvalue weighted by molar-refractivity contribution is 5.36. The summed E-state index contributed by atoms with van der Waals surface area (Å²) < 4.78 is 19.2. The van der Waals surface area contributed by atoms with Gasteiger partial charge in [-0.05, 0) is 31.0 Å². The molecular formula is C14H20FNO. The van der Waals surface area contributed by atoms with Crippen LogP contribution in [-0.2, 0) is 0 Å². The molecule has 2 nitrogen and oxygen atoms in total. The topological polar surface area (TPSA) is 12.5 Å². The van der Waals surface area contributed by atoms with Crippen LogP contribution in [-0.4, -0.2) is 31.1 Å². The van der Waals surface area contributed by atoms with Crippen molar-refractivity contribution in [1.29, 1.82) is 0 Å². The molecule has 0 amide bonds. The number of likely N-dealkylation sites (tertiary alicyclic amines) is 1. The summed E-state index contributed by atoms with van der Waals surface area (Å²) in [5.74, 6) is 0.834. The Kier molecular flexibility index (Phi) is 3.67. The van der Waals surface area contributed by atoms with E-state index >= 15 is 0 Å². The van der Waals surface area contributed by atoms with Gasteiger partial charge >= 0.3 is 0 Å². The molecule has 0 aliphatic carbocycles. The number of halogens is 1. The molecule has 0 radical (unpaired) electrons. The zero-order valence-electron chi connectivity index (χ0n) is 10.7. The molecule has 3 heteroatoms. The van der Waals surface area contributed by atoms with E-state index in [-0.39, 0.29) is 11.9 Å². The van der Waals surface area contributed by atoms with Crippen LogP contribution in [0.2, 0.25) is 0 Å². The van der Waals surface area contributed by atoms with E-state index in [2.05, 4.69) is 25.8 Å². The Balaban J connectivity index is 2.16. The summed E-state index contributed by atoms with van der Waals surface area (Å²) in [7, 11) is 2.08. The van der Waals surface area contributed by atoms with E-state index in [1.165, 1.54) is 12.1 Å². The minimum atomic E-state index is -0.226. The Bertz CT molecular complexity index is 392. The van der Waals surface area contributed by atoms with E-state index in [0.29, 0.717) is 11.7 Å². The molecule has 0 saturated carbocycles. The number of nitrogens with zero attached hydrogens (tertiary/aromatic N) is 1. The summed E-state index contributed by atoms with van der Waals surface area (Å²) in [5.41, 5.74) is 1.08. The summed E-state index contributed by atoms with van der Waals surface area (Å²) in [6.07, 6.45) is 1.21. The van der Waals surface area contributed by atoms with Crippen LogP contribution in [0.5, 0.6) is 5.75 Å². The van der Waals surface area contributed by atoms with Gasteiger partial charge in [-0.1, -0.05) is 19.9 Å². The highest BCUT2D eigenvalue weighted by atomic mass is 19.1. The SMILES string of the molecule is CC(C)c1ccc(F)cc1OC1CCN(C)C1. The van der Waals surface area contributed by atoms with Crippen LogP contribution in [0.3, 0.4) is 0 Å². The lowest BCUT2D eigenvalue weighted by Gasteiger charge is -2.18. The van der Waals surface area contributed by atoms with Crippen molar-refractivity contribution in [2.75, 3.05) is 20.1 Å². The average Bonchev–Trinajstić information content (AvgIpc) is 2.63. The first kappa shape index (κ1) is 12.4. The number of likely N-dealkylation sites (N-methyl/N-ethyl adjacent to an activating group) is 1. The molecule has 2 rings (SSSR count). The Morgan fingerprint density at radius 2 is 2.18 bits per heavy atom. The predicted molar refractivity (Wildman–Crippen MR) is 67.0 cm³/mol. The fourth-order valence-corrected chi connectivity index (χ4v) is 2.26. The maximum Gasteiger partial charge on any atom is 0.126 e. The lowest BCUT2D eigenvalue weighted by Crippen LogP contribution is -2.22. The second-order valence-corrected chi connectivity index (χ2v) is 5.13. The third kappa shape index (κ3) is 2.97. The maximum atomic E-state index is 13.3. The second kappa shape index (κ2) is 5.05. The van der Waals surface area contributed by atoms with Crippen molar-refractivity contribution in [3.8, 4) is 5.75 Å². The van der Waals surface area contributed by atoms with E-state index in [1.807, 2.05) is 6.07 Å². The van der Waals surface area contributed by atoms with Gasteiger partial charge in [-0.15, -0.1) is 0 Å². The van der Waals surface area contributed by atoms with Gasteiger partial charge in [-0.3, -0.25) is 0 Å². The Hall–Kier alpha value is -1.09. The van der Waals surface area contributed by atoms with Crippen LogP contribution < -0.4 is 4.74 Å². The Morgan fingerprint density at radius 1 is 1.41 bits per heavy atom. The summed E-state index contributed by atoms with van der Waals surface area (Å²) in [5, 5.41) is 0. The molecule has 1 unspecified atom stereocenters. The Labute approximate surface area is 102 Å². The lowest BCUT2D eigenvalue weighted by atomic mass is 10.0. The van der Waals surface area contributed by atoms with Gasteiger partial charge in [0.05, 0.1) is 0 Å². The zero-order valence-corrected chi connectivity index (χ0v) is 10.7. The first-order valence-electron chi connectivity index (χ1n) is 6.21. The number of rotatable bonds is 3. The van der Waals surface area contributed by atoms with Crippen molar-refractivity contribution in [1.82, 2.24) is 4.90 Å². The number of hydrogen-bond acceptors (Lipinski definition) is 2. The minimum Gasteiger partial charge on any atom is -0.489 e. The van der Waals surface area contributed by atoms with Crippen molar-refractivity contribution in [3.05, 3.63) is 29.6 Å². The number of hydrogen-bond donors (Lipinski definition) is 0. The lowest BCUT2D eigenvalue weighted by molar-refractivity contribution is 0.205. The van der Waals surface area contributed by atoms with Gasteiger partial charge in [0.15, 0.2) is 0 Å². The van der Waals surface area contributed by atoms with Crippen LogP contribution in [0.1, 0.15) is 31.7 Å². The summed E-state index contributed by atoms with van der Waals surface area (Å²) >= 11 is 0. The molecule has 0 spiro atoms. The second-order valence-electron chi connectivity index (χ2n) is 5.13. The van der Waals surface area contributed by atoms with Crippen molar-refractivity contribution in [2.45, 2.75) is 32.3 Å². The van der Waals surface area contributed by atoms with Gasteiger partial charge in [0.1, 0.15) is 17.7 Å². The quantitative estimate of drug-likeness (QED) is 0.801. The molecule has 1 aromatic carbocycles. The third-order valence-electron chi connectivity index (χ3n) is 3.24. The maximum absolute atomic E-state index is 13.3. The smallest absolute Gasteiger partial charge is 0.126 e. The summed E-state index contributed by atoms with van der Waals surface area (Å²) in [6.45, 7) is 6.17. The fraction of sp³-hybridized carbons (Fsp3) is 0.571. The van der Waals surface area contributed by atoms with E-state index in [9.17, 15) is 4.39 Å². The van der Waals surface area contributed by atoms with Crippen LogP contribution in [0.4, 0.5) is 4.39 Å². The van der Waals surface area contributed by atoms with Crippen molar-refractivity contribution in [3.63, 3.8) is 0 Å². The zero-order chi connectivity index (χ0) is 12.4. The van der Waals surface area contributed by atoms with Gasteiger partial charge in [-0.25, -0.2) is 4.39 Å². The highest BCUT2D eigenvalue weighted by Gasteiger charge is 2.22. The molecule has 1 aliphatic heterocycles. The summed E-state index contributed by atoms with van der Waals surface area (Å²) in [4.78, 5) is 2.24. The van der Waals surface area contributed by atoms with E-state index < -0.39 is 0 Å². The number of ether oxygens (including phenoxy) is 1. The largest absolute Gasteiger partial charge is 0.489 e. The van der Waals surface area contributed by atoms with Crippen molar-refractivity contribution < 1.29 is 9.13 Å². The van der Waals surface area contributed by atoms with Crippen LogP contribution in [0.15, 0.2) is 18.2 Å². The fourth-order valence-electron chi connectivity index (χ4n) is 2.26. The van der Waals surface area contributed by atoms with Crippen LogP contribution >= 0.6 is 0 Å². The Morgan fingerprint density at radius 3 is 2.76 bits per heavy atom. The van der Waals surface area contributed by atoms with Gasteiger partial charge in [0.2, 0.25) is 0 Å². The minimum absolute atomic E-state index is 0.194. The summed E-state index contributed by atoms with van der Waals surface area (Å²) in [6, 6.07) is 4.84. The normalized spacial score (nSPS) is 21.1. The molecule has 1 aromatic rings. The monoisotopic (exact) mass is 237 g/mol. The highest BCUT2D eigenvalue weighted by Crippen LogP contribution is 2.29. The van der Waals surface area contributed by atoms with Gasteiger partial charge < -0.3 is 9.64 Å². The molecule has 1 atom stereocenters. The molecule has 0 bridgehead atoms. The standard InChI is InChI=1S/C14H20FNO/c1-10(2)13-5-4-11(15)8-14(13)17-12-6-7-16(3)9-12/h4-5,8,10,12H,6-7,9H2,1-3H3. The molecule has 0 aromatic heterocycles. The predicted octanol–water partition coefficient (Wildman–Crippen LogP) is 3.03.